The standard InChI is InChI=1S/C12H16O/c1-9(2)8-10(3)11-4-6-12(13)7-5-11/h4-9,13H,1-3H3. The molecule has 0 amide bonds. The van der Waals surface area contributed by atoms with Crippen LogP contribution in [0.5, 0.6) is 5.75 Å². The molecule has 13 heavy (non-hydrogen) atoms. The molecule has 1 nitrogen and oxygen atoms in total. The number of allylic oxidation sites excluding steroid dienone is 2. The van der Waals surface area contributed by atoms with Crippen molar-refractivity contribution in [3.63, 3.8) is 0 Å². The van der Waals surface area contributed by atoms with Crippen LogP contribution in [0.15, 0.2) is 30.3 Å². The summed E-state index contributed by atoms with van der Waals surface area (Å²) in [6.45, 7) is 6.40. The van der Waals surface area contributed by atoms with Crippen LogP contribution in [-0.4, -0.2) is 5.11 Å². The molecule has 1 heteroatoms. The van der Waals surface area contributed by atoms with E-state index in [4.69, 9.17) is 5.11 Å². The number of rotatable bonds is 2. The first-order valence-electron chi connectivity index (χ1n) is 4.57. The van der Waals surface area contributed by atoms with Crippen molar-refractivity contribution in [3.05, 3.63) is 35.9 Å². The lowest BCUT2D eigenvalue weighted by atomic mass is 10.0. The van der Waals surface area contributed by atoms with Gasteiger partial charge in [0.1, 0.15) is 5.75 Å². The van der Waals surface area contributed by atoms with E-state index >= 15 is 0 Å². The number of hydrogen-bond acceptors (Lipinski definition) is 1. The van der Waals surface area contributed by atoms with E-state index in [9.17, 15) is 0 Å². The van der Waals surface area contributed by atoms with Crippen LogP contribution in [0.4, 0.5) is 0 Å². The molecule has 70 valence electrons. The molecule has 0 heterocycles. The molecule has 0 aliphatic heterocycles. The van der Waals surface area contributed by atoms with Crippen molar-refractivity contribution >= 4 is 5.57 Å². The summed E-state index contributed by atoms with van der Waals surface area (Å²) in [5.41, 5.74) is 2.43. The highest BCUT2D eigenvalue weighted by molar-refractivity contribution is 5.64. The van der Waals surface area contributed by atoms with Gasteiger partial charge in [0.05, 0.1) is 0 Å². The summed E-state index contributed by atoms with van der Waals surface area (Å²) in [7, 11) is 0. The Labute approximate surface area is 79.7 Å². The van der Waals surface area contributed by atoms with Gasteiger partial charge < -0.3 is 5.11 Å². The molecular weight excluding hydrogens is 160 g/mol. The SMILES string of the molecule is CC(=CC(C)C)c1ccc(O)cc1. The fourth-order valence-electron chi connectivity index (χ4n) is 1.32. The maximum absolute atomic E-state index is 9.10. The van der Waals surface area contributed by atoms with Crippen molar-refractivity contribution in [2.75, 3.05) is 0 Å². The molecule has 0 radical (unpaired) electrons. The molecule has 0 atom stereocenters. The third kappa shape index (κ3) is 2.94. The molecule has 0 unspecified atom stereocenters. The van der Waals surface area contributed by atoms with Crippen molar-refractivity contribution in [1.29, 1.82) is 0 Å². The first kappa shape index (κ1) is 9.85. The van der Waals surface area contributed by atoms with Crippen LogP contribution in [0.3, 0.4) is 0 Å². The Hall–Kier alpha value is -1.24. The van der Waals surface area contributed by atoms with Gasteiger partial charge >= 0.3 is 0 Å². The van der Waals surface area contributed by atoms with Gasteiger partial charge in [-0.25, -0.2) is 0 Å². The van der Waals surface area contributed by atoms with Crippen molar-refractivity contribution in [2.45, 2.75) is 20.8 Å². The highest BCUT2D eigenvalue weighted by Crippen LogP contribution is 2.18. The molecule has 0 saturated heterocycles. The lowest BCUT2D eigenvalue weighted by molar-refractivity contribution is 0.475. The van der Waals surface area contributed by atoms with Gasteiger partial charge in [-0.05, 0) is 36.1 Å². The Balaban J connectivity index is 2.89. The van der Waals surface area contributed by atoms with Crippen LogP contribution >= 0.6 is 0 Å². The topological polar surface area (TPSA) is 20.2 Å². The molecule has 0 fully saturated rings. The van der Waals surface area contributed by atoms with E-state index in [-0.39, 0.29) is 0 Å². The second-order valence-electron chi connectivity index (χ2n) is 3.64. The molecule has 1 aromatic carbocycles. The maximum Gasteiger partial charge on any atom is 0.115 e. The first-order chi connectivity index (χ1) is 6.09. The third-order valence-electron chi connectivity index (χ3n) is 1.91. The van der Waals surface area contributed by atoms with Gasteiger partial charge in [-0.3, -0.25) is 0 Å². The third-order valence-corrected chi connectivity index (χ3v) is 1.91. The van der Waals surface area contributed by atoms with Gasteiger partial charge in [0, 0.05) is 0 Å². The summed E-state index contributed by atoms with van der Waals surface area (Å²) < 4.78 is 0. The van der Waals surface area contributed by atoms with E-state index in [2.05, 4.69) is 26.8 Å². The van der Waals surface area contributed by atoms with Crippen LogP contribution in [0.1, 0.15) is 26.3 Å². The van der Waals surface area contributed by atoms with Gasteiger partial charge in [0.25, 0.3) is 0 Å². The van der Waals surface area contributed by atoms with Crippen LogP contribution in [-0.2, 0) is 0 Å². The Bertz CT molecular complexity index is 293. The zero-order valence-electron chi connectivity index (χ0n) is 8.41. The number of phenolic OH excluding ortho intramolecular Hbond substituents is 1. The predicted molar refractivity (Wildman–Crippen MR) is 56.6 cm³/mol. The largest absolute Gasteiger partial charge is 0.508 e. The molecule has 0 aromatic heterocycles. The lowest BCUT2D eigenvalue weighted by Gasteiger charge is -2.03. The second-order valence-corrected chi connectivity index (χ2v) is 3.64. The molecule has 1 N–H and O–H groups in total. The van der Waals surface area contributed by atoms with E-state index in [1.54, 1.807) is 12.1 Å². The number of phenols is 1. The van der Waals surface area contributed by atoms with Crippen LogP contribution in [0.25, 0.3) is 5.57 Å². The normalized spacial score (nSPS) is 12.2. The molecular formula is C12H16O. The van der Waals surface area contributed by atoms with Gasteiger partial charge in [-0.1, -0.05) is 32.1 Å². The lowest BCUT2D eigenvalue weighted by Crippen LogP contribution is -1.83. The van der Waals surface area contributed by atoms with Gasteiger partial charge in [0.2, 0.25) is 0 Å². The summed E-state index contributed by atoms with van der Waals surface area (Å²) >= 11 is 0. The molecule has 0 aliphatic rings. The zero-order chi connectivity index (χ0) is 9.84. The monoisotopic (exact) mass is 176 g/mol. The van der Waals surface area contributed by atoms with Crippen LogP contribution < -0.4 is 0 Å². The molecule has 0 saturated carbocycles. The quantitative estimate of drug-likeness (QED) is 0.731. The van der Waals surface area contributed by atoms with Crippen molar-refractivity contribution in [1.82, 2.24) is 0 Å². The summed E-state index contributed by atoms with van der Waals surface area (Å²) in [6.07, 6.45) is 2.21. The minimum absolute atomic E-state index is 0.320. The first-order valence-corrected chi connectivity index (χ1v) is 4.57. The Kier molecular flexibility index (Phi) is 3.13. The maximum atomic E-state index is 9.10. The summed E-state index contributed by atoms with van der Waals surface area (Å²) in [5.74, 6) is 0.884. The van der Waals surface area contributed by atoms with Gasteiger partial charge in [-0.15, -0.1) is 0 Å². The predicted octanol–water partition coefficient (Wildman–Crippen LogP) is 3.45. The summed E-state index contributed by atoms with van der Waals surface area (Å²) in [4.78, 5) is 0. The number of aromatic hydroxyl groups is 1. The van der Waals surface area contributed by atoms with Crippen LogP contribution in [0.2, 0.25) is 0 Å². The van der Waals surface area contributed by atoms with E-state index in [0.29, 0.717) is 11.7 Å². The minimum Gasteiger partial charge on any atom is -0.508 e. The molecule has 1 aromatic rings. The van der Waals surface area contributed by atoms with Crippen molar-refractivity contribution in [2.24, 2.45) is 5.92 Å². The molecule has 0 bridgehead atoms. The minimum atomic E-state index is 0.320. The van der Waals surface area contributed by atoms with Crippen LogP contribution in [0, 0.1) is 5.92 Å². The molecule has 0 spiro atoms. The van der Waals surface area contributed by atoms with E-state index in [1.165, 1.54) is 11.1 Å². The van der Waals surface area contributed by atoms with Gasteiger partial charge in [0.15, 0.2) is 0 Å². The van der Waals surface area contributed by atoms with Crippen molar-refractivity contribution in [3.8, 4) is 5.75 Å². The fourth-order valence-corrected chi connectivity index (χ4v) is 1.32. The highest BCUT2D eigenvalue weighted by Gasteiger charge is 1.96. The van der Waals surface area contributed by atoms with E-state index < -0.39 is 0 Å². The fraction of sp³-hybridized carbons (Fsp3) is 0.333. The van der Waals surface area contributed by atoms with Gasteiger partial charge in [-0.2, -0.15) is 0 Å². The highest BCUT2D eigenvalue weighted by atomic mass is 16.3. The summed E-state index contributed by atoms with van der Waals surface area (Å²) in [5, 5.41) is 9.10. The molecule has 1 rings (SSSR count). The summed E-state index contributed by atoms with van der Waals surface area (Å²) in [6, 6.07) is 7.30. The smallest absolute Gasteiger partial charge is 0.115 e. The average Bonchev–Trinajstić information content (AvgIpc) is 2.04. The number of benzene rings is 1. The van der Waals surface area contributed by atoms with E-state index in [1.807, 2.05) is 12.1 Å². The second kappa shape index (κ2) is 4.13. The zero-order valence-corrected chi connectivity index (χ0v) is 8.41. The average molecular weight is 176 g/mol. The Morgan fingerprint density at radius 1 is 1.23 bits per heavy atom. The van der Waals surface area contributed by atoms with E-state index in [0.717, 1.165) is 0 Å². The Morgan fingerprint density at radius 3 is 2.23 bits per heavy atom. The van der Waals surface area contributed by atoms with Crippen molar-refractivity contribution < 1.29 is 5.11 Å². The Morgan fingerprint density at radius 2 is 1.77 bits per heavy atom. The molecule has 0 aliphatic carbocycles. The number of hydrogen-bond donors (Lipinski definition) is 1.